The third-order valence-corrected chi connectivity index (χ3v) is 1.81. The average molecular weight is 194 g/mol. The molecule has 0 aliphatic carbocycles. The Morgan fingerprint density at radius 3 is 2.67 bits per heavy atom. The van der Waals surface area contributed by atoms with Crippen LogP contribution in [0.2, 0.25) is 0 Å². The second-order valence-corrected chi connectivity index (χ2v) is 3.37. The fourth-order valence-corrected chi connectivity index (χ4v) is 1.07. The predicted octanol–water partition coefficient (Wildman–Crippen LogP) is 1.53. The summed E-state index contributed by atoms with van der Waals surface area (Å²) in [6.45, 7) is 1.82. The summed E-state index contributed by atoms with van der Waals surface area (Å²) in [5.74, 6) is -0.101. The molecule has 0 aliphatic heterocycles. The summed E-state index contributed by atoms with van der Waals surface area (Å²) < 4.78 is 14.3. The van der Waals surface area contributed by atoms with Gasteiger partial charge in [0.15, 0.2) is 5.78 Å². The third-order valence-electron chi connectivity index (χ3n) is 1.42. The van der Waals surface area contributed by atoms with Crippen LogP contribution in [0.25, 0.3) is 0 Å². The highest BCUT2D eigenvalue weighted by Crippen LogP contribution is 2.14. The van der Waals surface area contributed by atoms with Gasteiger partial charge < -0.3 is 9.42 Å². The van der Waals surface area contributed by atoms with Gasteiger partial charge in [0.2, 0.25) is 0 Å². The lowest BCUT2D eigenvalue weighted by molar-refractivity contribution is -0.121. The fraction of sp³-hybridized carbons (Fsp3) is 0.857. The van der Waals surface area contributed by atoms with Crippen molar-refractivity contribution in [3.8, 4) is 0 Å². The van der Waals surface area contributed by atoms with E-state index in [0.29, 0.717) is 6.42 Å². The monoisotopic (exact) mass is 194 g/mol. The molecular formula is C7H15O4P. The molecule has 0 fully saturated rings. The van der Waals surface area contributed by atoms with Gasteiger partial charge in [-0.15, -0.1) is 0 Å². The molecule has 0 saturated carbocycles. The number of Topliss-reactive ketones (excluding diaryl/α,β-unsaturated/α-hetero) is 1. The molecule has 0 aromatic heterocycles. The third kappa shape index (κ3) is 7.92. The minimum atomic E-state index is -2.93. The van der Waals surface area contributed by atoms with Gasteiger partial charge in [0.1, 0.15) is 6.61 Å². The first-order valence-electron chi connectivity index (χ1n) is 4.04. The second kappa shape index (κ2) is 7.47. The lowest BCUT2D eigenvalue weighted by Crippen LogP contribution is -2.04. The first-order valence-corrected chi connectivity index (χ1v) is 5.30. The lowest BCUT2D eigenvalue weighted by Gasteiger charge is -1.98. The van der Waals surface area contributed by atoms with Crippen molar-refractivity contribution in [2.75, 3.05) is 6.61 Å². The van der Waals surface area contributed by atoms with E-state index in [9.17, 15) is 9.36 Å². The summed E-state index contributed by atoms with van der Waals surface area (Å²) in [6, 6.07) is 0. The normalized spacial score (nSPS) is 12.8. The summed E-state index contributed by atoms with van der Waals surface area (Å²) in [7, 11) is -2.93. The fourth-order valence-electron chi connectivity index (χ4n) is 0.787. The Labute approximate surface area is 72.9 Å². The first-order chi connectivity index (χ1) is 5.66. The van der Waals surface area contributed by atoms with Crippen molar-refractivity contribution in [2.24, 2.45) is 0 Å². The Morgan fingerprint density at radius 1 is 1.50 bits per heavy atom. The van der Waals surface area contributed by atoms with Crippen LogP contribution in [0, 0.1) is 0 Å². The molecule has 0 spiro atoms. The Balaban J connectivity index is 3.28. The van der Waals surface area contributed by atoms with E-state index >= 15 is 0 Å². The van der Waals surface area contributed by atoms with Crippen LogP contribution in [-0.4, -0.2) is 17.3 Å². The van der Waals surface area contributed by atoms with Crippen LogP contribution in [0.3, 0.4) is 0 Å². The Bertz CT molecular complexity index is 157. The number of carbonyl (C=O) groups excluding carboxylic acids is 1. The Kier molecular flexibility index (Phi) is 7.36. The largest absolute Gasteiger partial charge is 0.326 e. The smallest absolute Gasteiger partial charge is 0.317 e. The average Bonchev–Trinajstić information content (AvgIpc) is 2.01. The predicted molar refractivity (Wildman–Crippen MR) is 46.3 cm³/mol. The van der Waals surface area contributed by atoms with E-state index in [1.165, 1.54) is 0 Å². The van der Waals surface area contributed by atoms with E-state index in [1.54, 1.807) is 0 Å². The van der Waals surface area contributed by atoms with Crippen molar-refractivity contribution in [3.05, 3.63) is 0 Å². The molecule has 0 aliphatic rings. The van der Waals surface area contributed by atoms with E-state index in [4.69, 9.17) is 4.89 Å². The molecule has 4 nitrogen and oxygen atoms in total. The molecule has 72 valence electrons. The number of carbonyl (C=O) groups is 1. The first kappa shape index (κ1) is 11.8. The summed E-state index contributed by atoms with van der Waals surface area (Å²) in [5.41, 5.74) is 0. The molecule has 1 N–H and O–H groups in total. The van der Waals surface area contributed by atoms with Gasteiger partial charge in [-0.1, -0.05) is 19.8 Å². The van der Waals surface area contributed by atoms with Crippen molar-refractivity contribution in [1.82, 2.24) is 0 Å². The molecule has 0 aromatic rings. The molecule has 1 atom stereocenters. The number of rotatable bonds is 7. The summed E-state index contributed by atoms with van der Waals surface area (Å²) in [4.78, 5) is 19.1. The van der Waals surface area contributed by atoms with Gasteiger partial charge in [-0.3, -0.25) is 9.36 Å². The molecule has 0 heterocycles. The van der Waals surface area contributed by atoms with Crippen LogP contribution < -0.4 is 0 Å². The van der Waals surface area contributed by atoms with E-state index < -0.39 is 8.25 Å². The molecule has 0 saturated heterocycles. The van der Waals surface area contributed by atoms with Crippen LogP contribution >= 0.6 is 8.25 Å². The van der Waals surface area contributed by atoms with Crippen LogP contribution in [0.1, 0.15) is 32.6 Å². The summed E-state index contributed by atoms with van der Waals surface area (Å²) >= 11 is 0. The standard InChI is InChI=1S/C7H15O4P/c1-2-3-4-5-7(8)6-11-12(9)10/h12H,2-6H2,1H3,(H,9,10). The molecule has 0 radical (unpaired) electrons. The zero-order valence-electron chi connectivity index (χ0n) is 7.21. The van der Waals surface area contributed by atoms with Gasteiger partial charge in [0.25, 0.3) is 0 Å². The maximum absolute atomic E-state index is 10.9. The number of unbranched alkanes of at least 4 members (excludes halogenated alkanes) is 2. The Morgan fingerprint density at radius 2 is 2.17 bits per heavy atom. The molecule has 0 bridgehead atoms. The quantitative estimate of drug-likeness (QED) is 0.493. The maximum Gasteiger partial charge on any atom is 0.317 e. The number of hydrogen-bond acceptors (Lipinski definition) is 3. The summed E-state index contributed by atoms with van der Waals surface area (Å²) in [5, 5.41) is 0. The molecule has 0 amide bonds. The van der Waals surface area contributed by atoms with E-state index in [-0.39, 0.29) is 12.4 Å². The van der Waals surface area contributed by atoms with Crippen molar-refractivity contribution >= 4 is 14.0 Å². The highest BCUT2D eigenvalue weighted by Gasteiger charge is 2.02. The lowest BCUT2D eigenvalue weighted by atomic mass is 10.1. The molecule has 0 rings (SSSR count). The second-order valence-electron chi connectivity index (χ2n) is 2.55. The molecule has 12 heavy (non-hydrogen) atoms. The summed E-state index contributed by atoms with van der Waals surface area (Å²) in [6.07, 6.45) is 3.36. The molecule has 1 unspecified atom stereocenters. The van der Waals surface area contributed by atoms with Crippen LogP contribution in [0.4, 0.5) is 0 Å². The zero-order valence-corrected chi connectivity index (χ0v) is 8.21. The maximum atomic E-state index is 10.9. The van der Waals surface area contributed by atoms with Crippen LogP contribution in [0.5, 0.6) is 0 Å². The van der Waals surface area contributed by atoms with E-state index in [2.05, 4.69) is 4.52 Å². The van der Waals surface area contributed by atoms with Gasteiger partial charge in [0, 0.05) is 6.42 Å². The molecule has 0 aromatic carbocycles. The molecular weight excluding hydrogens is 179 g/mol. The van der Waals surface area contributed by atoms with Crippen molar-refractivity contribution in [2.45, 2.75) is 32.6 Å². The van der Waals surface area contributed by atoms with Gasteiger partial charge >= 0.3 is 8.25 Å². The van der Waals surface area contributed by atoms with Gasteiger partial charge in [-0.05, 0) is 6.42 Å². The van der Waals surface area contributed by atoms with Gasteiger partial charge in [-0.25, -0.2) is 0 Å². The van der Waals surface area contributed by atoms with Gasteiger partial charge in [0.05, 0.1) is 0 Å². The van der Waals surface area contributed by atoms with Crippen molar-refractivity contribution < 1.29 is 18.8 Å². The Hall–Kier alpha value is -0.180. The highest BCUT2D eigenvalue weighted by molar-refractivity contribution is 7.32. The van der Waals surface area contributed by atoms with E-state index in [0.717, 1.165) is 19.3 Å². The zero-order chi connectivity index (χ0) is 9.40. The number of ketones is 1. The number of hydrogen-bond donors (Lipinski definition) is 1. The van der Waals surface area contributed by atoms with Crippen LogP contribution in [-0.2, 0) is 13.9 Å². The topological polar surface area (TPSA) is 63.6 Å². The minimum Gasteiger partial charge on any atom is -0.326 e. The van der Waals surface area contributed by atoms with Crippen LogP contribution in [0.15, 0.2) is 0 Å². The van der Waals surface area contributed by atoms with Crippen molar-refractivity contribution in [3.63, 3.8) is 0 Å². The van der Waals surface area contributed by atoms with Gasteiger partial charge in [-0.2, -0.15) is 0 Å². The highest BCUT2D eigenvalue weighted by atomic mass is 31.1. The minimum absolute atomic E-state index is 0.101. The SMILES string of the molecule is CCCCCC(=O)CO[PH](=O)O. The van der Waals surface area contributed by atoms with Crippen molar-refractivity contribution in [1.29, 1.82) is 0 Å². The molecule has 5 heteroatoms. The van der Waals surface area contributed by atoms with E-state index in [1.807, 2.05) is 6.92 Å².